The number of guanidine groups is 2. The Bertz CT molecular complexity index is 3660. The van der Waals surface area contributed by atoms with Crippen LogP contribution in [0.3, 0.4) is 0 Å². The molecule has 2 aromatic carbocycles. The lowest BCUT2D eigenvalue weighted by molar-refractivity contribution is -0.144. The predicted molar refractivity (Wildman–Crippen MR) is 393 cm³/mol. The molecule has 0 saturated heterocycles. The molecule has 44 heteroatoms. The summed E-state index contributed by atoms with van der Waals surface area (Å²) in [5.74, 6) is -5.38. The predicted octanol–water partition coefficient (Wildman–Crippen LogP) is 1.09. The summed E-state index contributed by atoms with van der Waals surface area (Å²) in [4.78, 5) is 105. The third-order valence-electron chi connectivity index (χ3n) is 12.8. The number of carboxylic acid groups (broad SMARTS) is 3. The highest BCUT2D eigenvalue weighted by molar-refractivity contribution is 9.11. The highest BCUT2D eigenvalue weighted by Gasteiger charge is 2.27. The van der Waals surface area contributed by atoms with Gasteiger partial charge in [-0.15, -0.1) is 37.2 Å². The van der Waals surface area contributed by atoms with Gasteiger partial charge in [0.1, 0.15) is 23.7 Å². The van der Waals surface area contributed by atoms with Crippen LogP contribution in [-0.4, -0.2) is 232 Å². The van der Waals surface area contributed by atoms with Crippen LogP contribution in [0.5, 0.6) is 11.5 Å². The Morgan fingerprint density at radius 2 is 1.08 bits per heavy atom. The highest BCUT2D eigenvalue weighted by Crippen LogP contribution is 2.38. The third-order valence-corrected chi connectivity index (χ3v) is 14.9. The Labute approximate surface area is 631 Å². The Balaban J connectivity index is 0.00000135. The summed E-state index contributed by atoms with van der Waals surface area (Å²) in [6, 6.07) is 8.13. The van der Waals surface area contributed by atoms with Crippen LogP contribution in [0.2, 0.25) is 10.0 Å². The van der Waals surface area contributed by atoms with Crippen LogP contribution < -0.4 is 60.2 Å². The van der Waals surface area contributed by atoms with Crippen LogP contribution in [-0.2, 0) is 23.9 Å². The minimum Gasteiger partial charge on any atom is -0.506 e. The Kier molecular flexibility index (Phi) is 45.2. The number of pyridine rings is 3. The molecule has 8 atom stereocenters. The maximum Gasteiger partial charge on any atom is 0.337 e. The second-order valence-electron chi connectivity index (χ2n) is 20.3. The van der Waals surface area contributed by atoms with E-state index in [0.717, 1.165) is 0 Å². The highest BCUT2D eigenvalue weighted by atomic mass is 79.9. The number of aliphatic hydroxyl groups excluding tert-OH is 6. The van der Waals surface area contributed by atoms with Crippen LogP contribution in [0.1, 0.15) is 74.0 Å². The smallest absolute Gasteiger partial charge is 0.337 e. The van der Waals surface area contributed by atoms with Gasteiger partial charge in [-0.2, -0.15) is 0 Å². The maximum absolute atomic E-state index is 12.6. The van der Waals surface area contributed by atoms with Crippen molar-refractivity contribution in [2.45, 2.75) is 68.5 Å². The number of rotatable bonds is 21. The van der Waals surface area contributed by atoms with Gasteiger partial charge < -0.3 is 121 Å². The van der Waals surface area contributed by atoms with Crippen molar-refractivity contribution in [2.24, 2.45) is 37.9 Å². The van der Waals surface area contributed by atoms with Crippen LogP contribution in [0.4, 0.5) is 17.1 Å². The molecule has 0 unspecified atom stereocenters. The first-order chi connectivity index (χ1) is 46.8. The third kappa shape index (κ3) is 34.0. The van der Waals surface area contributed by atoms with Crippen LogP contribution in [0.25, 0.3) is 0 Å². The number of benzene rings is 2. The maximum atomic E-state index is 12.6. The summed E-state index contributed by atoms with van der Waals surface area (Å²) in [7, 11) is 0. The second-order valence-corrected chi connectivity index (χ2v) is 23.7. The number of aliphatic imine (C=N–C) groups is 3. The number of nitrogens with two attached hydrogens (primary N) is 4. The number of nitrogens with zero attached hydrogens (tertiary/aromatic N) is 6. The summed E-state index contributed by atoms with van der Waals surface area (Å²) < 4.78 is 5.45. The zero-order valence-corrected chi connectivity index (χ0v) is 61.7. The number of amidine groups is 1. The molecule has 0 saturated carbocycles. The van der Waals surface area contributed by atoms with Gasteiger partial charge in [-0.05, 0) is 87.5 Å². The number of nitrogens with one attached hydrogen (secondary N) is 7. The molecule has 3 aromatic heterocycles. The number of aromatic nitrogens is 3. The first-order valence-electron chi connectivity index (χ1n) is 28.9. The average Bonchev–Trinajstić information content (AvgIpc) is 0.984. The van der Waals surface area contributed by atoms with Crippen molar-refractivity contribution in [3.8, 4) is 11.5 Å². The summed E-state index contributed by atoms with van der Waals surface area (Å²) in [5.41, 5.74) is 22.7. The molecule has 0 radical (unpaired) electrons. The van der Waals surface area contributed by atoms with Crippen molar-refractivity contribution < 1.29 is 94.5 Å². The second kappa shape index (κ2) is 49.0. The lowest BCUT2D eigenvalue weighted by Gasteiger charge is -2.20. The van der Waals surface area contributed by atoms with Gasteiger partial charge in [0, 0.05) is 65.9 Å². The molecule has 2 aliphatic rings. The van der Waals surface area contributed by atoms with Crippen molar-refractivity contribution >= 4 is 180 Å². The number of aliphatic hydroxyl groups is 6. The quantitative estimate of drug-likeness (QED) is 0.0278. The van der Waals surface area contributed by atoms with E-state index in [1.165, 1.54) is 91.4 Å². The fraction of sp³-hybridized carbons (Fsp3) is 0.362. The number of aromatic hydroxyl groups is 2. The van der Waals surface area contributed by atoms with E-state index in [1.54, 1.807) is 13.2 Å². The van der Waals surface area contributed by atoms with Gasteiger partial charge in [0.25, 0.3) is 5.91 Å². The lowest BCUT2D eigenvalue weighted by Crippen LogP contribution is -2.39. The minimum atomic E-state index is -1.22. The van der Waals surface area contributed by atoms with E-state index in [1.807, 2.05) is 0 Å². The molecule has 102 heavy (non-hydrogen) atoms. The number of carbonyl (C=O) groups is 7. The van der Waals surface area contributed by atoms with Gasteiger partial charge in [0.05, 0.1) is 143 Å². The summed E-state index contributed by atoms with van der Waals surface area (Å²) >= 11 is 19.5. The molecular formula is C58H78Br2Cl5N17O19S. The standard InChI is InChI=1S/C22H24BrClN6O7.C13H16BrClN2O4.C11H14N4O4.C8H9N3O2S.C4H12N2O2.3ClH/c23-14-3-11(24)2-13(20(14)36)15(4-19(34)35)30-18(33)9-26-21(37)10-1-12(6-25-5-10)29-22-27-7-16(31)17(32)8-28-22;1-2-21-12(19)5-10(17-11(18)6-16)8-3-7(15)4-9(14)13(8)20;16-8-4-13-11(14-5-9(8)17)15-7-1-6(10(18)19)2-12-3-7;1-14-8(9)11-6-2-5(7(12)13)3-10-4-6;5-1-3(7)4(8)2-6;;;/h1-3,5-6,15-17,31-32,36H,4,7-9H2,(H,26,37)(H,30,33)(H,34,35)(H2,27,28,29);3-4,10,20H,2,5-6,16H2,1H3,(H,17,18);1-3,8-9,16-17H,4-5H2,(H,18,19)(H2,13,14,15);2-4H,1H3,(H2,9,11)(H,12,13);3-4,7-8H,1-2,5-6H2;3*1H/t15-,16-,17-;10-;8-,9-;;3-,4-;;;/m000.0.../s1. The first kappa shape index (κ1) is 94.2. The molecule has 36 nitrogen and oxygen atoms in total. The number of halogens is 7. The Morgan fingerprint density at radius 1 is 0.647 bits per heavy atom. The monoisotopic (exact) mass is 1680 g/mol. The van der Waals surface area contributed by atoms with Gasteiger partial charge in [-0.3, -0.25) is 48.9 Å². The summed E-state index contributed by atoms with van der Waals surface area (Å²) in [6.07, 6.45) is 3.67. The number of aliphatic carboxylic acids is 1. The number of thioether (sulfide) groups is 1. The molecule has 0 bridgehead atoms. The number of aromatic carboxylic acids is 2. The number of carbonyl (C=O) groups excluding carboxylic acids is 4. The van der Waals surface area contributed by atoms with Crippen LogP contribution in [0, 0.1) is 0 Å². The molecule has 5 aromatic rings. The number of carboxylic acids is 3. The molecule has 0 fully saturated rings. The number of β-amino-alcohol motifs (C(OH)–C–C–N with tert-alkyl or cyclic N) is 2. The molecule has 564 valence electrons. The van der Waals surface area contributed by atoms with Crippen molar-refractivity contribution in [1.29, 1.82) is 0 Å². The van der Waals surface area contributed by atoms with E-state index < -0.39 is 103 Å². The van der Waals surface area contributed by atoms with Gasteiger partial charge in [0.15, 0.2) is 17.1 Å². The molecule has 0 spiro atoms. The zero-order chi connectivity index (χ0) is 74.1. The lowest BCUT2D eigenvalue weighted by atomic mass is 10.0. The van der Waals surface area contributed by atoms with E-state index in [9.17, 15) is 69.3 Å². The summed E-state index contributed by atoms with van der Waals surface area (Å²) in [5, 5.41) is 123. The van der Waals surface area contributed by atoms with Crippen molar-refractivity contribution in [2.75, 3.05) is 75.9 Å². The van der Waals surface area contributed by atoms with Gasteiger partial charge in [-0.1, -0.05) is 35.0 Å². The zero-order valence-electron chi connectivity index (χ0n) is 53.7. The van der Waals surface area contributed by atoms with E-state index in [2.05, 4.69) is 99.0 Å². The number of esters is 1. The number of hydrogen-bond donors (Lipinski definition) is 22. The van der Waals surface area contributed by atoms with Crippen LogP contribution >= 0.6 is 104 Å². The largest absolute Gasteiger partial charge is 0.506 e. The molecule has 7 rings (SSSR count). The molecule has 2 aliphatic heterocycles. The number of phenols is 2. The number of phenolic OH excluding ortho intramolecular Hbond substituents is 2. The molecule has 5 heterocycles. The average molecular weight is 1690 g/mol. The normalized spacial score (nSPS) is 16.2. The summed E-state index contributed by atoms with van der Waals surface area (Å²) in [6.45, 7) is 1.55. The van der Waals surface area contributed by atoms with E-state index in [0.29, 0.717) is 43.2 Å². The van der Waals surface area contributed by atoms with E-state index in [4.69, 9.17) is 71.3 Å². The van der Waals surface area contributed by atoms with Crippen molar-refractivity contribution in [1.82, 2.24) is 41.5 Å². The van der Waals surface area contributed by atoms with Gasteiger partial charge >= 0.3 is 23.9 Å². The Hall–Kier alpha value is -7.81. The fourth-order valence-electron chi connectivity index (χ4n) is 7.69. The van der Waals surface area contributed by atoms with E-state index in [-0.39, 0.29) is 145 Å². The van der Waals surface area contributed by atoms with Crippen molar-refractivity contribution in [3.05, 3.63) is 126 Å². The topological polar surface area (TPSA) is 615 Å². The number of hydrogen-bond acceptors (Lipinski definition) is 30. The van der Waals surface area contributed by atoms with Gasteiger partial charge in [-0.25, -0.2) is 14.6 Å². The molecule has 0 aliphatic carbocycles. The van der Waals surface area contributed by atoms with Crippen LogP contribution in [0.15, 0.2) is 104 Å². The molecule has 3 amide bonds. The minimum absolute atomic E-state index is 0. The molecule has 26 N–H and O–H groups in total. The van der Waals surface area contributed by atoms with Gasteiger partial charge in [0.2, 0.25) is 11.8 Å². The fourth-order valence-corrected chi connectivity index (χ4v) is 9.56. The van der Waals surface area contributed by atoms with E-state index >= 15 is 0 Å². The first-order valence-corrected chi connectivity index (χ1v) is 32.5. The number of ether oxygens (including phenoxy) is 1. The molecular weight excluding hydrogens is 1610 g/mol. The number of amides is 3. The SMILES string of the molecule is CCOC(=O)C[C@H](NC(=O)CN)c1cc(Cl)cc(Br)c1O.CSC(N)=Nc1cncc(C(=O)O)c1.Cl.Cl.Cl.NC[C@H](O)[C@@H](O)CN.O=C(O)C[C@H](NC(=O)CNC(=O)c1cncc(NC2=NC[C@H](O)[C@@H](O)CN2)c1)c1cc(Cl)cc(Br)c1O.O=C(O)c1cncc(NC2=NC[C@H](O)[C@@H](O)CN2)c1. The Morgan fingerprint density at radius 3 is 1.51 bits per heavy atom. The van der Waals surface area contributed by atoms with Crippen molar-refractivity contribution in [3.63, 3.8) is 0 Å². The number of anilines is 2.